The first-order chi connectivity index (χ1) is 6.61. The summed E-state index contributed by atoms with van der Waals surface area (Å²) in [7, 11) is 1.40. The van der Waals surface area contributed by atoms with Gasteiger partial charge in [-0.2, -0.15) is 0 Å². The van der Waals surface area contributed by atoms with Crippen molar-refractivity contribution in [1.29, 1.82) is 0 Å². The third-order valence-corrected chi connectivity index (χ3v) is 2.17. The molecule has 1 rings (SSSR count). The Balaban J connectivity index is 3.35. The molecule has 0 fully saturated rings. The number of aliphatic hydroxyl groups excluding tert-OH is 1. The number of ether oxygens (including phenoxy) is 1. The Morgan fingerprint density at radius 1 is 1.64 bits per heavy atom. The van der Waals surface area contributed by atoms with Crippen molar-refractivity contribution in [1.82, 2.24) is 0 Å². The van der Waals surface area contributed by atoms with Crippen LogP contribution in [-0.4, -0.2) is 17.1 Å². The monoisotopic (exact) mass is 217 g/mol. The normalized spacial score (nSPS) is 9.93. The van der Waals surface area contributed by atoms with Gasteiger partial charge in [0.15, 0.2) is 0 Å². The van der Waals surface area contributed by atoms with Crippen molar-refractivity contribution in [3.05, 3.63) is 32.8 Å². The second-order valence-corrected chi connectivity index (χ2v) is 2.87. The van der Waals surface area contributed by atoms with Gasteiger partial charge in [-0.05, 0) is 6.07 Å². The molecule has 14 heavy (non-hydrogen) atoms. The van der Waals surface area contributed by atoms with E-state index in [1.807, 2.05) is 0 Å². The third-order valence-electron chi connectivity index (χ3n) is 1.76. The highest BCUT2D eigenvalue weighted by Gasteiger charge is 2.19. The lowest BCUT2D eigenvalue weighted by molar-refractivity contribution is -0.385. The number of hydrogen-bond donors (Lipinski definition) is 1. The molecule has 1 aromatic rings. The summed E-state index contributed by atoms with van der Waals surface area (Å²) in [5, 5.41) is 19.5. The van der Waals surface area contributed by atoms with E-state index in [0.717, 1.165) is 0 Å². The number of hydrogen-bond acceptors (Lipinski definition) is 4. The molecule has 1 aromatic carbocycles. The number of rotatable bonds is 3. The molecule has 0 aromatic heterocycles. The third kappa shape index (κ3) is 1.78. The molecule has 0 radical (unpaired) electrons. The summed E-state index contributed by atoms with van der Waals surface area (Å²) in [5.41, 5.74) is -0.144. The maximum atomic E-state index is 10.5. The molecular weight excluding hydrogens is 210 g/mol. The minimum atomic E-state index is -0.600. The van der Waals surface area contributed by atoms with Crippen LogP contribution in [0.25, 0.3) is 0 Å². The van der Waals surface area contributed by atoms with Crippen LogP contribution < -0.4 is 4.74 Å². The topological polar surface area (TPSA) is 72.6 Å². The van der Waals surface area contributed by atoms with Crippen LogP contribution in [0.1, 0.15) is 5.56 Å². The molecule has 0 bridgehead atoms. The summed E-state index contributed by atoms with van der Waals surface area (Å²) >= 11 is 5.77. The summed E-state index contributed by atoms with van der Waals surface area (Å²) in [6, 6.07) is 2.63. The lowest BCUT2D eigenvalue weighted by Gasteiger charge is -2.06. The van der Waals surface area contributed by atoms with E-state index in [2.05, 4.69) is 0 Å². The molecule has 0 unspecified atom stereocenters. The summed E-state index contributed by atoms with van der Waals surface area (Å²) in [5.74, 6) is 0.307. The number of nitro benzene ring substituents is 1. The number of nitro groups is 1. The van der Waals surface area contributed by atoms with Gasteiger partial charge in [-0.3, -0.25) is 10.1 Å². The second-order valence-electron chi connectivity index (χ2n) is 2.49. The molecule has 76 valence electrons. The van der Waals surface area contributed by atoms with Gasteiger partial charge in [-0.1, -0.05) is 11.6 Å². The van der Waals surface area contributed by atoms with E-state index in [0.29, 0.717) is 5.75 Å². The van der Waals surface area contributed by atoms with Crippen LogP contribution >= 0.6 is 11.6 Å². The van der Waals surface area contributed by atoms with Crippen LogP contribution in [0.15, 0.2) is 12.1 Å². The molecule has 0 saturated carbocycles. The standard InChI is InChI=1S/C8H8ClNO4/c1-14-7-3-2-6(10(12)13)5(4-11)8(7)9/h2-3,11H,4H2,1H3. The molecule has 0 aliphatic carbocycles. The molecule has 0 amide bonds. The van der Waals surface area contributed by atoms with Crippen LogP contribution in [-0.2, 0) is 6.61 Å². The van der Waals surface area contributed by atoms with Crippen LogP contribution in [0.3, 0.4) is 0 Å². The van der Waals surface area contributed by atoms with Gasteiger partial charge in [-0.25, -0.2) is 0 Å². The first-order valence-electron chi connectivity index (χ1n) is 3.72. The molecule has 6 heteroatoms. The van der Waals surface area contributed by atoms with Crippen LogP contribution in [0.4, 0.5) is 5.69 Å². The average Bonchev–Trinajstić information content (AvgIpc) is 2.17. The van der Waals surface area contributed by atoms with Crippen molar-refractivity contribution in [2.24, 2.45) is 0 Å². The van der Waals surface area contributed by atoms with Gasteiger partial charge in [-0.15, -0.1) is 0 Å². The Morgan fingerprint density at radius 3 is 2.71 bits per heavy atom. The first-order valence-corrected chi connectivity index (χ1v) is 4.10. The smallest absolute Gasteiger partial charge is 0.276 e. The van der Waals surface area contributed by atoms with E-state index in [9.17, 15) is 10.1 Å². The molecule has 0 atom stereocenters. The van der Waals surface area contributed by atoms with E-state index >= 15 is 0 Å². The number of halogens is 1. The van der Waals surface area contributed by atoms with E-state index in [4.69, 9.17) is 21.4 Å². The van der Waals surface area contributed by atoms with Gasteiger partial charge in [0, 0.05) is 6.07 Å². The summed E-state index contributed by atoms with van der Waals surface area (Å²) < 4.78 is 4.86. The predicted octanol–water partition coefficient (Wildman–Crippen LogP) is 1.75. The quantitative estimate of drug-likeness (QED) is 0.618. The molecule has 1 N–H and O–H groups in total. The number of aliphatic hydroxyl groups is 1. The highest BCUT2D eigenvalue weighted by Crippen LogP contribution is 2.34. The fraction of sp³-hybridized carbons (Fsp3) is 0.250. The minimum absolute atomic E-state index is 0.0658. The second kappa shape index (κ2) is 4.26. The van der Waals surface area contributed by atoms with Gasteiger partial charge in [0.2, 0.25) is 0 Å². The van der Waals surface area contributed by atoms with Crippen molar-refractivity contribution in [2.75, 3.05) is 7.11 Å². The molecule has 0 spiro atoms. The van der Waals surface area contributed by atoms with Crippen molar-refractivity contribution < 1.29 is 14.8 Å². The van der Waals surface area contributed by atoms with E-state index in [1.165, 1.54) is 19.2 Å². The molecule has 5 nitrogen and oxygen atoms in total. The predicted molar refractivity (Wildman–Crippen MR) is 50.6 cm³/mol. The molecule has 0 saturated heterocycles. The fourth-order valence-corrected chi connectivity index (χ4v) is 1.37. The van der Waals surface area contributed by atoms with E-state index in [-0.39, 0.29) is 16.3 Å². The molecular formula is C8H8ClNO4. The molecule has 0 heterocycles. The zero-order chi connectivity index (χ0) is 10.7. The van der Waals surface area contributed by atoms with Crippen molar-refractivity contribution in [2.45, 2.75) is 6.61 Å². The van der Waals surface area contributed by atoms with Gasteiger partial charge in [0.05, 0.1) is 29.2 Å². The van der Waals surface area contributed by atoms with Crippen LogP contribution in [0, 0.1) is 10.1 Å². The van der Waals surface area contributed by atoms with Gasteiger partial charge < -0.3 is 9.84 Å². The summed E-state index contributed by atoms with van der Waals surface area (Å²) in [4.78, 5) is 9.93. The maximum Gasteiger partial charge on any atom is 0.276 e. The van der Waals surface area contributed by atoms with E-state index < -0.39 is 11.5 Å². The van der Waals surface area contributed by atoms with Gasteiger partial charge in [0.25, 0.3) is 5.69 Å². The Morgan fingerprint density at radius 2 is 2.29 bits per heavy atom. The Hall–Kier alpha value is -1.33. The highest BCUT2D eigenvalue weighted by molar-refractivity contribution is 6.33. The fourth-order valence-electron chi connectivity index (χ4n) is 1.07. The van der Waals surface area contributed by atoms with Gasteiger partial charge in [0.1, 0.15) is 5.75 Å². The number of benzene rings is 1. The van der Waals surface area contributed by atoms with Crippen LogP contribution in [0.5, 0.6) is 5.75 Å². The Kier molecular flexibility index (Phi) is 3.27. The van der Waals surface area contributed by atoms with Gasteiger partial charge >= 0.3 is 0 Å². The number of nitrogens with zero attached hydrogens (tertiary/aromatic N) is 1. The molecule has 0 aliphatic heterocycles. The van der Waals surface area contributed by atoms with Crippen molar-refractivity contribution >= 4 is 17.3 Å². The Bertz CT molecular complexity index is 367. The maximum absolute atomic E-state index is 10.5. The van der Waals surface area contributed by atoms with E-state index in [1.54, 1.807) is 0 Å². The first kappa shape index (κ1) is 10.7. The SMILES string of the molecule is COc1ccc([N+](=O)[O-])c(CO)c1Cl. The average molecular weight is 218 g/mol. The minimum Gasteiger partial charge on any atom is -0.495 e. The lowest BCUT2D eigenvalue weighted by atomic mass is 10.2. The van der Waals surface area contributed by atoms with Crippen LogP contribution in [0.2, 0.25) is 5.02 Å². The van der Waals surface area contributed by atoms with Crippen molar-refractivity contribution in [3.63, 3.8) is 0 Å². The molecule has 0 aliphatic rings. The number of methoxy groups -OCH3 is 1. The zero-order valence-electron chi connectivity index (χ0n) is 7.36. The lowest BCUT2D eigenvalue weighted by Crippen LogP contribution is -1.98. The van der Waals surface area contributed by atoms with Crippen molar-refractivity contribution in [3.8, 4) is 5.75 Å². The summed E-state index contributed by atoms with van der Waals surface area (Å²) in [6.45, 7) is -0.494. The zero-order valence-corrected chi connectivity index (χ0v) is 8.11. The Labute approximate surface area is 85.0 Å². The summed E-state index contributed by atoms with van der Waals surface area (Å²) in [6.07, 6.45) is 0. The highest BCUT2D eigenvalue weighted by atomic mass is 35.5. The largest absolute Gasteiger partial charge is 0.495 e.